The van der Waals surface area contributed by atoms with Crippen LogP contribution in [0.1, 0.15) is 44.9 Å². The van der Waals surface area contributed by atoms with E-state index in [-0.39, 0.29) is 11.3 Å². The molecule has 0 aromatic carbocycles. The molecule has 0 unspecified atom stereocenters. The van der Waals surface area contributed by atoms with Crippen molar-refractivity contribution in [3.8, 4) is 0 Å². The smallest absolute Gasteiger partial charge is 0.243 e. The zero-order chi connectivity index (χ0) is 11.6. The predicted molar refractivity (Wildman–Crippen MR) is 60.7 cm³/mol. The second-order valence-corrected chi connectivity index (χ2v) is 5.40. The van der Waals surface area contributed by atoms with Crippen LogP contribution in [0, 0.1) is 17.3 Å². The van der Waals surface area contributed by atoms with Crippen LogP contribution < -0.4 is 11.2 Å². The highest BCUT2D eigenvalue weighted by atomic mass is 16.5. The van der Waals surface area contributed by atoms with Crippen molar-refractivity contribution in [1.29, 1.82) is 0 Å². The van der Waals surface area contributed by atoms with Gasteiger partial charge in [0.1, 0.15) is 0 Å². The Morgan fingerprint density at radius 3 is 2.12 bits per heavy atom. The Bertz CT molecular complexity index is 246. The highest BCUT2D eigenvalue weighted by Crippen LogP contribution is 2.54. The number of rotatable bonds is 3. The molecule has 0 atom stereocenters. The van der Waals surface area contributed by atoms with E-state index in [0.717, 1.165) is 0 Å². The van der Waals surface area contributed by atoms with Gasteiger partial charge in [0.2, 0.25) is 5.91 Å². The van der Waals surface area contributed by atoms with Gasteiger partial charge in [0, 0.05) is 6.42 Å². The Morgan fingerprint density at radius 1 is 1.25 bits per heavy atom. The maximum atomic E-state index is 11.5. The van der Waals surface area contributed by atoms with Crippen molar-refractivity contribution in [2.24, 2.45) is 23.0 Å². The van der Waals surface area contributed by atoms with Gasteiger partial charge in [-0.2, -0.15) is 0 Å². The van der Waals surface area contributed by atoms with Gasteiger partial charge >= 0.3 is 0 Å². The normalized spacial score (nSPS) is 38.1. The van der Waals surface area contributed by atoms with Gasteiger partial charge in [0.25, 0.3) is 0 Å². The summed E-state index contributed by atoms with van der Waals surface area (Å²) in [5.41, 5.74) is 7.70. The highest BCUT2D eigenvalue weighted by Gasteiger charge is 2.49. The van der Waals surface area contributed by atoms with Crippen LogP contribution in [0.15, 0.2) is 0 Å². The van der Waals surface area contributed by atoms with E-state index in [0.29, 0.717) is 24.8 Å². The maximum absolute atomic E-state index is 11.5. The Morgan fingerprint density at radius 2 is 1.75 bits per heavy atom. The minimum atomic E-state index is -0.274. The third-order valence-corrected chi connectivity index (χ3v) is 4.83. The number of nitrogens with two attached hydrogens (primary N) is 1. The van der Waals surface area contributed by atoms with Crippen LogP contribution in [0.2, 0.25) is 0 Å². The number of amides is 1. The average molecular weight is 226 g/mol. The summed E-state index contributed by atoms with van der Waals surface area (Å²) in [5, 5.41) is 8.70. The van der Waals surface area contributed by atoms with Crippen molar-refractivity contribution in [3.05, 3.63) is 0 Å². The van der Waals surface area contributed by atoms with Gasteiger partial charge in [-0.15, -0.1) is 0 Å². The minimum absolute atomic E-state index is 0.0384. The molecular weight excluding hydrogens is 204 g/mol. The van der Waals surface area contributed by atoms with Crippen LogP contribution in [0.4, 0.5) is 0 Å². The van der Waals surface area contributed by atoms with E-state index >= 15 is 0 Å². The summed E-state index contributed by atoms with van der Waals surface area (Å²) in [5.74, 6) is 0.897. The van der Waals surface area contributed by atoms with Crippen LogP contribution in [0.5, 0.6) is 0 Å². The van der Waals surface area contributed by atoms with Crippen LogP contribution in [0.25, 0.3) is 0 Å². The van der Waals surface area contributed by atoms with Crippen molar-refractivity contribution in [3.63, 3.8) is 0 Å². The van der Waals surface area contributed by atoms with E-state index in [4.69, 9.17) is 10.9 Å². The summed E-state index contributed by atoms with van der Waals surface area (Å²) in [7, 11) is 0. The quantitative estimate of drug-likeness (QED) is 0.503. The van der Waals surface area contributed by atoms with Crippen LogP contribution in [-0.2, 0) is 4.79 Å². The molecule has 4 N–H and O–H groups in total. The van der Waals surface area contributed by atoms with Crippen LogP contribution in [-0.4, -0.2) is 17.7 Å². The number of nitrogens with one attached hydrogen (secondary N) is 1. The summed E-state index contributed by atoms with van der Waals surface area (Å²) in [4.78, 5) is 11.5. The molecule has 92 valence electrons. The molecule has 0 heterocycles. The Kier molecular flexibility index (Phi) is 3.50. The zero-order valence-electron chi connectivity index (χ0n) is 9.74. The van der Waals surface area contributed by atoms with Gasteiger partial charge in [-0.05, 0) is 49.5 Å². The number of hydrogen-bond donors (Lipinski definition) is 3. The first-order chi connectivity index (χ1) is 7.73. The SMILES string of the molecule is NCC1(CC(=O)NO)C2CCCC1CCC2. The molecule has 2 bridgehead atoms. The van der Waals surface area contributed by atoms with Crippen molar-refractivity contribution < 1.29 is 10.0 Å². The molecule has 4 heteroatoms. The molecule has 0 radical (unpaired) electrons. The maximum Gasteiger partial charge on any atom is 0.243 e. The summed E-state index contributed by atoms with van der Waals surface area (Å²) in [6, 6.07) is 0. The Hall–Kier alpha value is -0.610. The van der Waals surface area contributed by atoms with E-state index in [1.165, 1.54) is 38.5 Å². The minimum Gasteiger partial charge on any atom is -0.330 e. The number of hydrogen-bond acceptors (Lipinski definition) is 3. The van der Waals surface area contributed by atoms with E-state index in [9.17, 15) is 4.79 Å². The molecule has 2 fully saturated rings. The molecule has 0 spiro atoms. The summed E-state index contributed by atoms with van der Waals surface area (Å²) >= 11 is 0. The Balaban J connectivity index is 2.19. The van der Waals surface area contributed by atoms with E-state index in [1.54, 1.807) is 5.48 Å². The number of fused-ring (bicyclic) bond motifs is 2. The zero-order valence-corrected chi connectivity index (χ0v) is 9.74. The first-order valence-corrected chi connectivity index (χ1v) is 6.36. The largest absolute Gasteiger partial charge is 0.330 e. The molecule has 0 aliphatic heterocycles. The lowest BCUT2D eigenvalue weighted by Gasteiger charge is -2.52. The lowest BCUT2D eigenvalue weighted by molar-refractivity contribution is -0.136. The number of carbonyl (C=O) groups is 1. The molecule has 2 saturated carbocycles. The van der Waals surface area contributed by atoms with Crippen molar-refractivity contribution in [2.75, 3.05) is 6.54 Å². The molecule has 0 aromatic rings. The molecular formula is C12H22N2O2. The summed E-state index contributed by atoms with van der Waals surface area (Å²) < 4.78 is 0. The second kappa shape index (κ2) is 4.72. The van der Waals surface area contributed by atoms with Crippen LogP contribution in [0.3, 0.4) is 0 Å². The molecule has 2 aliphatic carbocycles. The fourth-order valence-electron chi connectivity index (χ4n) is 4.03. The first-order valence-electron chi connectivity index (χ1n) is 6.36. The predicted octanol–water partition coefficient (Wildman–Crippen LogP) is 1.43. The number of carbonyl (C=O) groups excluding carboxylic acids is 1. The average Bonchev–Trinajstić information content (AvgIpc) is 2.28. The molecule has 0 saturated heterocycles. The molecule has 2 rings (SSSR count). The van der Waals surface area contributed by atoms with Gasteiger partial charge in [-0.1, -0.05) is 12.8 Å². The molecule has 4 nitrogen and oxygen atoms in total. The lowest BCUT2D eigenvalue weighted by atomic mass is 9.53. The van der Waals surface area contributed by atoms with Gasteiger partial charge in [-0.3, -0.25) is 10.0 Å². The second-order valence-electron chi connectivity index (χ2n) is 5.40. The van der Waals surface area contributed by atoms with Crippen molar-refractivity contribution in [2.45, 2.75) is 44.9 Å². The first kappa shape index (κ1) is 11.9. The number of hydroxylamine groups is 1. The van der Waals surface area contributed by atoms with Crippen molar-refractivity contribution >= 4 is 5.91 Å². The molecule has 0 aromatic heterocycles. The summed E-state index contributed by atoms with van der Waals surface area (Å²) in [6.45, 7) is 0.579. The van der Waals surface area contributed by atoms with E-state index < -0.39 is 0 Å². The van der Waals surface area contributed by atoms with Gasteiger partial charge in [-0.25, -0.2) is 5.48 Å². The molecule has 1 amide bonds. The van der Waals surface area contributed by atoms with Gasteiger partial charge in [0.05, 0.1) is 0 Å². The third-order valence-electron chi connectivity index (χ3n) is 4.83. The van der Waals surface area contributed by atoms with Crippen molar-refractivity contribution in [1.82, 2.24) is 5.48 Å². The van der Waals surface area contributed by atoms with Crippen LogP contribution >= 0.6 is 0 Å². The highest BCUT2D eigenvalue weighted by molar-refractivity contribution is 5.75. The lowest BCUT2D eigenvalue weighted by Crippen LogP contribution is -2.51. The summed E-state index contributed by atoms with van der Waals surface area (Å²) in [6.07, 6.45) is 7.75. The van der Waals surface area contributed by atoms with Gasteiger partial charge < -0.3 is 5.73 Å². The van der Waals surface area contributed by atoms with E-state index in [1.807, 2.05) is 0 Å². The van der Waals surface area contributed by atoms with E-state index in [2.05, 4.69) is 0 Å². The monoisotopic (exact) mass is 226 g/mol. The topological polar surface area (TPSA) is 75.4 Å². The standard InChI is InChI=1S/C12H22N2O2/c13-8-12(7-11(15)14-16)9-3-1-4-10(12)6-2-5-9/h9-10,16H,1-8,13H2,(H,14,15). The molecule has 16 heavy (non-hydrogen) atoms. The molecule has 2 aliphatic rings. The fourth-order valence-corrected chi connectivity index (χ4v) is 4.03. The third kappa shape index (κ3) is 1.84. The van der Waals surface area contributed by atoms with Gasteiger partial charge in [0.15, 0.2) is 0 Å². The fraction of sp³-hybridized carbons (Fsp3) is 0.917. The Labute approximate surface area is 96.5 Å².